The Morgan fingerprint density at radius 2 is 2.29 bits per heavy atom. The highest BCUT2D eigenvalue weighted by atomic mass is 16.5. The first-order valence-electron chi connectivity index (χ1n) is 5.89. The van der Waals surface area contributed by atoms with E-state index >= 15 is 0 Å². The van der Waals surface area contributed by atoms with Gasteiger partial charge in [-0.25, -0.2) is 0 Å². The Morgan fingerprint density at radius 3 is 2.88 bits per heavy atom. The second kappa shape index (κ2) is 4.83. The van der Waals surface area contributed by atoms with Crippen LogP contribution in [0, 0.1) is 0 Å². The minimum Gasteiger partial charge on any atom is -0.368 e. The molecule has 1 N–H and O–H groups in total. The van der Waals surface area contributed by atoms with Crippen molar-refractivity contribution in [2.45, 2.75) is 38.3 Å². The Hall–Kier alpha value is -1.43. The average Bonchev–Trinajstić information content (AvgIpc) is 2.80. The number of nitrogens with zero attached hydrogens (tertiary/aromatic N) is 1. The highest BCUT2D eigenvalue weighted by Gasteiger charge is 2.39. The summed E-state index contributed by atoms with van der Waals surface area (Å²) in [4.78, 5) is 36.4. The van der Waals surface area contributed by atoms with Crippen molar-refractivity contribution in [3.8, 4) is 0 Å². The van der Waals surface area contributed by atoms with Crippen LogP contribution in [-0.2, 0) is 19.1 Å². The van der Waals surface area contributed by atoms with Crippen molar-refractivity contribution >= 4 is 17.7 Å². The van der Waals surface area contributed by atoms with Crippen LogP contribution in [0.5, 0.6) is 0 Å². The van der Waals surface area contributed by atoms with Crippen LogP contribution in [0.2, 0.25) is 0 Å². The molecule has 0 aromatic rings. The molecule has 6 nitrogen and oxygen atoms in total. The molecular weight excluding hydrogens is 224 g/mol. The molecule has 2 fully saturated rings. The lowest BCUT2D eigenvalue weighted by Gasteiger charge is -2.34. The SMILES string of the molecule is CCC1C(=O)NC(=O)CN1C(=O)[C@H]1CCCO1. The van der Waals surface area contributed by atoms with Crippen LogP contribution in [0.1, 0.15) is 26.2 Å². The van der Waals surface area contributed by atoms with Gasteiger partial charge in [0.2, 0.25) is 11.8 Å². The van der Waals surface area contributed by atoms with E-state index in [-0.39, 0.29) is 12.5 Å². The van der Waals surface area contributed by atoms with Crippen LogP contribution in [0.3, 0.4) is 0 Å². The second-order valence-electron chi connectivity index (χ2n) is 4.30. The summed E-state index contributed by atoms with van der Waals surface area (Å²) in [7, 11) is 0. The molecule has 0 bridgehead atoms. The predicted octanol–water partition coefficient (Wildman–Crippen LogP) is -0.571. The van der Waals surface area contributed by atoms with Crippen molar-refractivity contribution in [3.05, 3.63) is 0 Å². The summed E-state index contributed by atoms with van der Waals surface area (Å²) in [6.07, 6.45) is 1.53. The Labute approximate surface area is 99.3 Å². The summed E-state index contributed by atoms with van der Waals surface area (Å²) in [5.74, 6) is -1.06. The topological polar surface area (TPSA) is 75.7 Å². The van der Waals surface area contributed by atoms with E-state index in [0.29, 0.717) is 19.4 Å². The van der Waals surface area contributed by atoms with E-state index in [9.17, 15) is 14.4 Å². The van der Waals surface area contributed by atoms with Gasteiger partial charge in [0.05, 0.1) is 0 Å². The lowest BCUT2D eigenvalue weighted by molar-refractivity contribution is -0.155. The van der Waals surface area contributed by atoms with Crippen LogP contribution in [-0.4, -0.2) is 47.9 Å². The molecule has 1 unspecified atom stereocenters. The molecule has 2 atom stereocenters. The van der Waals surface area contributed by atoms with Crippen LogP contribution >= 0.6 is 0 Å². The van der Waals surface area contributed by atoms with Crippen molar-refractivity contribution in [2.24, 2.45) is 0 Å². The Balaban J connectivity index is 2.12. The minimum atomic E-state index is -0.551. The average molecular weight is 240 g/mol. The molecule has 3 amide bonds. The van der Waals surface area contributed by atoms with Crippen molar-refractivity contribution in [1.29, 1.82) is 0 Å². The first-order chi connectivity index (χ1) is 8.13. The maximum absolute atomic E-state index is 12.1. The zero-order chi connectivity index (χ0) is 12.4. The Morgan fingerprint density at radius 1 is 1.53 bits per heavy atom. The summed E-state index contributed by atoms with van der Waals surface area (Å²) in [6, 6.07) is -0.551. The van der Waals surface area contributed by atoms with Gasteiger partial charge in [-0.1, -0.05) is 6.92 Å². The van der Waals surface area contributed by atoms with Gasteiger partial charge < -0.3 is 9.64 Å². The van der Waals surface area contributed by atoms with E-state index in [1.165, 1.54) is 4.90 Å². The van der Waals surface area contributed by atoms with Crippen molar-refractivity contribution in [2.75, 3.05) is 13.2 Å². The van der Waals surface area contributed by atoms with Gasteiger partial charge >= 0.3 is 0 Å². The van der Waals surface area contributed by atoms with Gasteiger partial charge in [-0.05, 0) is 19.3 Å². The number of piperazine rings is 1. The van der Waals surface area contributed by atoms with E-state index in [0.717, 1.165) is 6.42 Å². The molecule has 2 heterocycles. The van der Waals surface area contributed by atoms with Gasteiger partial charge in [0.1, 0.15) is 18.7 Å². The number of carbonyl (C=O) groups is 3. The summed E-state index contributed by atoms with van der Waals surface area (Å²) in [5.41, 5.74) is 0. The number of amides is 3. The molecule has 2 aliphatic rings. The Kier molecular flexibility index (Phi) is 3.42. The first kappa shape index (κ1) is 12.0. The molecule has 2 rings (SSSR count). The molecule has 0 aliphatic carbocycles. The quantitative estimate of drug-likeness (QED) is 0.656. The maximum atomic E-state index is 12.1. The third-order valence-electron chi connectivity index (χ3n) is 3.13. The highest BCUT2D eigenvalue weighted by molar-refractivity contribution is 6.04. The fourth-order valence-corrected chi connectivity index (χ4v) is 2.26. The molecule has 0 aromatic carbocycles. The van der Waals surface area contributed by atoms with Crippen LogP contribution in [0.15, 0.2) is 0 Å². The van der Waals surface area contributed by atoms with E-state index in [1.807, 2.05) is 6.92 Å². The smallest absolute Gasteiger partial charge is 0.252 e. The summed E-state index contributed by atoms with van der Waals surface area (Å²) in [6.45, 7) is 2.33. The lowest BCUT2D eigenvalue weighted by atomic mass is 10.1. The molecule has 0 spiro atoms. The highest BCUT2D eigenvalue weighted by Crippen LogP contribution is 2.18. The maximum Gasteiger partial charge on any atom is 0.252 e. The van der Waals surface area contributed by atoms with Gasteiger partial charge in [-0.2, -0.15) is 0 Å². The van der Waals surface area contributed by atoms with Gasteiger partial charge in [-0.3, -0.25) is 19.7 Å². The van der Waals surface area contributed by atoms with E-state index in [1.54, 1.807) is 0 Å². The monoisotopic (exact) mass is 240 g/mol. The number of ether oxygens (including phenoxy) is 1. The zero-order valence-corrected chi connectivity index (χ0v) is 9.77. The van der Waals surface area contributed by atoms with Gasteiger partial charge in [-0.15, -0.1) is 0 Å². The third kappa shape index (κ3) is 2.31. The number of hydrogen-bond donors (Lipinski definition) is 1. The summed E-state index contributed by atoms with van der Waals surface area (Å²) >= 11 is 0. The number of nitrogens with one attached hydrogen (secondary N) is 1. The molecule has 0 saturated carbocycles. The molecule has 0 radical (unpaired) electrons. The number of carbonyl (C=O) groups excluding carboxylic acids is 3. The van der Waals surface area contributed by atoms with Crippen LogP contribution in [0.4, 0.5) is 0 Å². The third-order valence-corrected chi connectivity index (χ3v) is 3.13. The van der Waals surface area contributed by atoms with Crippen molar-refractivity contribution < 1.29 is 19.1 Å². The molecule has 17 heavy (non-hydrogen) atoms. The first-order valence-corrected chi connectivity index (χ1v) is 5.89. The van der Waals surface area contributed by atoms with Crippen LogP contribution in [0.25, 0.3) is 0 Å². The number of hydrogen-bond acceptors (Lipinski definition) is 4. The standard InChI is InChI=1S/C11H16N2O4/c1-2-7-10(15)12-9(14)6-13(7)11(16)8-4-3-5-17-8/h7-8H,2-6H2,1H3,(H,12,14,15)/t7?,8-/m1/s1. The summed E-state index contributed by atoms with van der Waals surface area (Å²) < 4.78 is 5.30. The van der Waals surface area contributed by atoms with E-state index in [4.69, 9.17) is 4.74 Å². The van der Waals surface area contributed by atoms with Crippen molar-refractivity contribution in [1.82, 2.24) is 10.2 Å². The normalized spacial score (nSPS) is 29.4. The molecular formula is C11H16N2O4. The molecule has 6 heteroatoms. The Bertz CT molecular complexity index is 349. The minimum absolute atomic E-state index is 0.0526. The summed E-state index contributed by atoms with van der Waals surface area (Å²) in [5, 5.41) is 2.24. The predicted molar refractivity (Wildman–Crippen MR) is 57.9 cm³/mol. The molecule has 2 aliphatic heterocycles. The van der Waals surface area contributed by atoms with Gasteiger partial charge in [0.15, 0.2) is 0 Å². The fourth-order valence-electron chi connectivity index (χ4n) is 2.26. The molecule has 94 valence electrons. The largest absolute Gasteiger partial charge is 0.368 e. The second-order valence-corrected chi connectivity index (χ2v) is 4.30. The van der Waals surface area contributed by atoms with E-state index < -0.39 is 24.0 Å². The van der Waals surface area contributed by atoms with Gasteiger partial charge in [0, 0.05) is 6.61 Å². The lowest BCUT2D eigenvalue weighted by Crippen LogP contribution is -2.61. The number of rotatable bonds is 2. The molecule has 0 aromatic heterocycles. The van der Waals surface area contributed by atoms with Crippen LogP contribution < -0.4 is 5.32 Å². The van der Waals surface area contributed by atoms with Crippen molar-refractivity contribution in [3.63, 3.8) is 0 Å². The number of imide groups is 1. The fraction of sp³-hybridized carbons (Fsp3) is 0.727. The zero-order valence-electron chi connectivity index (χ0n) is 9.77. The van der Waals surface area contributed by atoms with Gasteiger partial charge in [0.25, 0.3) is 5.91 Å². The molecule has 2 saturated heterocycles. The van der Waals surface area contributed by atoms with E-state index in [2.05, 4.69) is 5.32 Å².